The van der Waals surface area contributed by atoms with Gasteiger partial charge in [-0.1, -0.05) is 12.1 Å². The molecule has 0 aliphatic carbocycles. The highest BCUT2D eigenvalue weighted by atomic mass is 16.6. The Morgan fingerprint density at radius 3 is 2.30 bits per heavy atom. The smallest absolute Gasteiger partial charge is 0.410 e. The lowest BCUT2D eigenvalue weighted by Gasteiger charge is -2.35. The van der Waals surface area contributed by atoms with Crippen LogP contribution in [0.1, 0.15) is 84.2 Å². The molecular weight excluding hydrogens is 514 g/mol. The number of carboxylic acid groups (broad SMARTS) is 1. The first-order chi connectivity index (χ1) is 18.9. The van der Waals surface area contributed by atoms with Gasteiger partial charge < -0.3 is 29.7 Å². The second-order valence-corrected chi connectivity index (χ2v) is 11.8. The van der Waals surface area contributed by atoms with Crippen molar-refractivity contribution in [3.63, 3.8) is 0 Å². The number of rotatable bonds is 10. The molecule has 2 aliphatic rings. The van der Waals surface area contributed by atoms with E-state index in [0.717, 1.165) is 25.7 Å². The Morgan fingerprint density at radius 1 is 1.02 bits per heavy atom. The summed E-state index contributed by atoms with van der Waals surface area (Å²) in [4.78, 5) is 53.5. The van der Waals surface area contributed by atoms with Crippen molar-refractivity contribution < 1.29 is 33.8 Å². The van der Waals surface area contributed by atoms with Crippen molar-refractivity contribution in [3.8, 4) is 5.75 Å². The zero-order chi connectivity index (χ0) is 29.3. The van der Waals surface area contributed by atoms with E-state index in [4.69, 9.17) is 9.47 Å². The van der Waals surface area contributed by atoms with Crippen LogP contribution in [-0.2, 0) is 19.1 Å². The van der Waals surface area contributed by atoms with Crippen molar-refractivity contribution in [2.45, 2.75) is 84.3 Å². The van der Waals surface area contributed by atoms with Gasteiger partial charge in [-0.3, -0.25) is 14.4 Å². The quantitative estimate of drug-likeness (QED) is 0.436. The molecule has 40 heavy (non-hydrogen) atoms. The van der Waals surface area contributed by atoms with Crippen molar-refractivity contribution in [1.82, 2.24) is 15.1 Å². The van der Waals surface area contributed by atoms with Gasteiger partial charge in [0.2, 0.25) is 11.8 Å². The predicted octanol–water partition coefficient (Wildman–Crippen LogP) is 4.38. The SMILES string of the molecule is CCOc1ccc(C(CC(=O)O)NC(=O)C2CCCN(C(=O)CCC3CCN(C(=O)OC(C)(C)C)CC3)C2)cc1. The Bertz CT molecular complexity index is 1010. The predicted molar refractivity (Wildman–Crippen MR) is 150 cm³/mol. The third kappa shape index (κ3) is 9.71. The summed E-state index contributed by atoms with van der Waals surface area (Å²) in [5.74, 6) is -0.516. The number of benzene rings is 1. The number of carbonyl (C=O) groups excluding carboxylic acids is 3. The maximum absolute atomic E-state index is 13.2. The molecule has 0 saturated carbocycles. The molecule has 3 amide bonds. The first kappa shape index (κ1) is 31.2. The molecule has 1 aromatic carbocycles. The van der Waals surface area contributed by atoms with E-state index in [9.17, 15) is 24.3 Å². The van der Waals surface area contributed by atoms with Crippen LogP contribution in [0.15, 0.2) is 24.3 Å². The highest BCUT2D eigenvalue weighted by molar-refractivity contribution is 5.82. The number of carbonyl (C=O) groups is 4. The number of hydrogen-bond donors (Lipinski definition) is 2. The number of hydrogen-bond acceptors (Lipinski definition) is 6. The van der Waals surface area contributed by atoms with Gasteiger partial charge in [0.1, 0.15) is 11.4 Å². The molecule has 2 atom stereocenters. The maximum atomic E-state index is 13.2. The van der Waals surface area contributed by atoms with E-state index < -0.39 is 17.6 Å². The molecule has 1 aromatic rings. The third-order valence-electron chi connectivity index (χ3n) is 7.47. The molecule has 10 heteroatoms. The molecule has 10 nitrogen and oxygen atoms in total. The minimum Gasteiger partial charge on any atom is -0.494 e. The molecule has 0 radical (unpaired) electrons. The van der Waals surface area contributed by atoms with E-state index in [-0.39, 0.29) is 30.2 Å². The van der Waals surface area contributed by atoms with E-state index in [2.05, 4.69) is 5.32 Å². The normalized spacial score (nSPS) is 19.1. The van der Waals surface area contributed by atoms with Gasteiger partial charge in [-0.2, -0.15) is 0 Å². The lowest BCUT2D eigenvalue weighted by Crippen LogP contribution is -2.46. The van der Waals surface area contributed by atoms with Crippen LogP contribution in [0, 0.1) is 11.8 Å². The van der Waals surface area contributed by atoms with Crippen molar-refractivity contribution in [1.29, 1.82) is 0 Å². The fraction of sp³-hybridized carbons (Fsp3) is 0.667. The highest BCUT2D eigenvalue weighted by Gasteiger charge is 2.31. The van der Waals surface area contributed by atoms with Crippen LogP contribution in [0.2, 0.25) is 0 Å². The van der Waals surface area contributed by atoms with Crippen LogP contribution >= 0.6 is 0 Å². The number of amides is 3. The zero-order valence-electron chi connectivity index (χ0n) is 24.3. The summed E-state index contributed by atoms with van der Waals surface area (Å²) in [5, 5.41) is 12.3. The van der Waals surface area contributed by atoms with Crippen LogP contribution in [0.3, 0.4) is 0 Å². The molecular formula is C30H45N3O7. The van der Waals surface area contributed by atoms with Gasteiger partial charge in [0.25, 0.3) is 0 Å². The first-order valence-electron chi connectivity index (χ1n) is 14.5. The fourth-order valence-electron chi connectivity index (χ4n) is 5.31. The number of carboxylic acids is 1. The molecule has 0 bridgehead atoms. The van der Waals surface area contributed by atoms with E-state index in [1.54, 1.807) is 34.1 Å². The number of piperidine rings is 2. The standard InChI is InChI=1S/C30H45N3O7/c1-5-39-24-11-9-22(10-12-24)25(19-27(35)36)31-28(37)23-7-6-16-33(20-23)26(34)13-8-21-14-17-32(18-15-21)29(38)40-30(2,3)4/h9-12,21,23,25H,5-8,13-20H2,1-4H3,(H,31,37)(H,35,36). The van der Waals surface area contributed by atoms with E-state index in [0.29, 0.717) is 62.9 Å². The Hall–Kier alpha value is -3.30. The van der Waals surface area contributed by atoms with Gasteiger partial charge >= 0.3 is 12.1 Å². The lowest BCUT2D eigenvalue weighted by molar-refractivity contribution is -0.138. The van der Waals surface area contributed by atoms with E-state index >= 15 is 0 Å². The van der Waals surface area contributed by atoms with Gasteiger partial charge in [-0.25, -0.2) is 4.79 Å². The molecule has 0 aromatic heterocycles. The summed E-state index contributed by atoms with van der Waals surface area (Å²) in [5.41, 5.74) is 0.177. The summed E-state index contributed by atoms with van der Waals surface area (Å²) in [6, 6.07) is 6.41. The van der Waals surface area contributed by atoms with E-state index in [1.807, 2.05) is 27.7 Å². The second kappa shape index (κ2) is 14.4. The van der Waals surface area contributed by atoms with E-state index in [1.165, 1.54) is 0 Å². The van der Waals surface area contributed by atoms with Gasteiger partial charge in [-0.15, -0.1) is 0 Å². The van der Waals surface area contributed by atoms with Crippen molar-refractivity contribution in [2.75, 3.05) is 32.8 Å². The summed E-state index contributed by atoms with van der Waals surface area (Å²) in [6.07, 6.45) is 3.72. The zero-order valence-corrected chi connectivity index (χ0v) is 24.3. The van der Waals surface area contributed by atoms with Crippen LogP contribution in [0.4, 0.5) is 4.79 Å². The minimum absolute atomic E-state index is 0.0423. The molecule has 2 unspecified atom stereocenters. The second-order valence-electron chi connectivity index (χ2n) is 11.8. The molecule has 2 aliphatic heterocycles. The van der Waals surface area contributed by atoms with Gasteiger partial charge in [0, 0.05) is 32.6 Å². The Kier molecular flexibility index (Phi) is 11.2. The third-order valence-corrected chi connectivity index (χ3v) is 7.47. The van der Waals surface area contributed by atoms with Crippen molar-refractivity contribution in [3.05, 3.63) is 29.8 Å². The Balaban J connectivity index is 1.48. The number of nitrogens with one attached hydrogen (secondary N) is 1. The summed E-state index contributed by atoms with van der Waals surface area (Å²) in [7, 11) is 0. The number of nitrogens with zero attached hydrogens (tertiary/aromatic N) is 2. The molecule has 2 fully saturated rings. The average molecular weight is 560 g/mol. The topological polar surface area (TPSA) is 125 Å². The fourth-order valence-corrected chi connectivity index (χ4v) is 5.31. The van der Waals surface area contributed by atoms with Crippen LogP contribution in [-0.4, -0.2) is 77.2 Å². The molecule has 222 valence electrons. The largest absolute Gasteiger partial charge is 0.494 e. The maximum Gasteiger partial charge on any atom is 0.410 e. The number of ether oxygens (including phenoxy) is 2. The average Bonchev–Trinajstić information content (AvgIpc) is 2.91. The molecule has 2 saturated heterocycles. The van der Waals surface area contributed by atoms with Crippen molar-refractivity contribution >= 4 is 23.9 Å². The van der Waals surface area contributed by atoms with Crippen molar-refractivity contribution in [2.24, 2.45) is 11.8 Å². The van der Waals surface area contributed by atoms with Gasteiger partial charge in [0.15, 0.2) is 0 Å². The van der Waals surface area contributed by atoms with Gasteiger partial charge in [-0.05, 0) is 83.4 Å². The van der Waals surface area contributed by atoms with Crippen LogP contribution < -0.4 is 10.1 Å². The Labute approximate surface area is 237 Å². The van der Waals surface area contributed by atoms with Crippen LogP contribution in [0.25, 0.3) is 0 Å². The highest BCUT2D eigenvalue weighted by Crippen LogP contribution is 2.26. The number of likely N-dealkylation sites (tertiary alicyclic amines) is 2. The molecule has 3 rings (SSSR count). The first-order valence-corrected chi connectivity index (χ1v) is 14.5. The Morgan fingerprint density at radius 2 is 1.70 bits per heavy atom. The monoisotopic (exact) mass is 559 g/mol. The van der Waals surface area contributed by atoms with Crippen LogP contribution in [0.5, 0.6) is 5.75 Å². The van der Waals surface area contributed by atoms with Gasteiger partial charge in [0.05, 0.1) is 25.0 Å². The molecule has 0 spiro atoms. The summed E-state index contributed by atoms with van der Waals surface area (Å²) in [6.45, 7) is 10.2. The molecule has 2 N–H and O–H groups in total. The number of aliphatic carboxylic acids is 1. The minimum atomic E-state index is -1.00. The lowest BCUT2D eigenvalue weighted by atomic mass is 9.91. The summed E-state index contributed by atoms with van der Waals surface area (Å²) < 4.78 is 10.9. The molecule has 2 heterocycles. The summed E-state index contributed by atoms with van der Waals surface area (Å²) >= 11 is 0.